The fourth-order valence-corrected chi connectivity index (χ4v) is 2.39. The van der Waals surface area contributed by atoms with Gasteiger partial charge in [0, 0.05) is 25.8 Å². The van der Waals surface area contributed by atoms with Crippen molar-refractivity contribution in [3.05, 3.63) is 45.3 Å². The van der Waals surface area contributed by atoms with Gasteiger partial charge in [0.1, 0.15) is 5.75 Å². The highest BCUT2D eigenvalue weighted by molar-refractivity contribution is 9.10. The topological polar surface area (TPSA) is 35.2 Å². The van der Waals surface area contributed by atoms with Gasteiger partial charge in [0.25, 0.3) is 0 Å². The summed E-state index contributed by atoms with van der Waals surface area (Å²) >= 11 is 6.82. The van der Waals surface area contributed by atoms with Crippen molar-refractivity contribution in [2.24, 2.45) is 0 Å². The Morgan fingerprint density at radius 2 is 1.53 bits per heavy atom. The normalized spacial score (nSPS) is 10.3. The molecule has 0 saturated heterocycles. The average molecular weight is 357 g/mol. The average Bonchev–Trinajstić information content (AvgIpc) is 2.30. The van der Waals surface area contributed by atoms with E-state index in [0.717, 1.165) is 31.5 Å². The number of rotatable bonds is 2. The molecule has 0 spiro atoms. The molecule has 0 saturated carbocycles. The summed E-state index contributed by atoms with van der Waals surface area (Å²) in [5.74, 6) is 0.799. The van der Waals surface area contributed by atoms with Gasteiger partial charge in [-0.2, -0.15) is 0 Å². The zero-order valence-corrected chi connectivity index (χ0v) is 12.4. The number of hydrogen-bond donors (Lipinski definition) is 1. The number of benzene rings is 2. The largest absolute Gasteiger partial charge is 0.496 e. The van der Waals surface area contributed by atoms with Crippen molar-refractivity contribution in [3.63, 3.8) is 0 Å². The minimum atomic E-state index is 0.722. The molecule has 0 aliphatic rings. The van der Waals surface area contributed by atoms with Crippen LogP contribution in [0.1, 0.15) is 0 Å². The lowest BCUT2D eigenvalue weighted by Crippen LogP contribution is -1.93. The second-order valence-electron chi connectivity index (χ2n) is 3.58. The predicted octanol–water partition coefficient (Wildman–Crippen LogP) is 4.47. The summed E-state index contributed by atoms with van der Waals surface area (Å²) in [6.45, 7) is 0. The molecule has 2 aromatic carbocycles. The van der Waals surface area contributed by atoms with E-state index in [1.54, 1.807) is 7.11 Å². The van der Waals surface area contributed by atoms with E-state index < -0.39 is 0 Å². The number of anilines is 1. The van der Waals surface area contributed by atoms with E-state index in [1.807, 2.05) is 36.4 Å². The Balaban J connectivity index is 2.60. The summed E-state index contributed by atoms with van der Waals surface area (Å²) in [5.41, 5.74) is 8.70. The lowest BCUT2D eigenvalue weighted by atomic mass is 10.0. The Bertz CT molecular complexity index is 555. The van der Waals surface area contributed by atoms with E-state index in [2.05, 4.69) is 31.9 Å². The second-order valence-corrected chi connectivity index (χ2v) is 5.41. The molecular weight excluding hydrogens is 346 g/mol. The zero-order chi connectivity index (χ0) is 12.4. The molecule has 2 nitrogen and oxygen atoms in total. The molecule has 0 bridgehead atoms. The van der Waals surface area contributed by atoms with Crippen LogP contribution in [-0.2, 0) is 0 Å². The summed E-state index contributed by atoms with van der Waals surface area (Å²) in [4.78, 5) is 0. The van der Waals surface area contributed by atoms with E-state index >= 15 is 0 Å². The molecule has 0 amide bonds. The standard InChI is InChI=1S/C13H11Br2NO/c1-17-13-7-9(15)3-5-11(13)10-4-2-8(14)6-12(10)16/h2-7H,16H2,1H3. The van der Waals surface area contributed by atoms with Gasteiger partial charge >= 0.3 is 0 Å². The van der Waals surface area contributed by atoms with Crippen molar-refractivity contribution < 1.29 is 4.74 Å². The van der Waals surface area contributed by atoms with Crippen molar-refractivity contribution in [1.82, 2.24) is 0 Å². The first kappa shape index (κ1) is 12.5. The van der Waals surface area contributed by atoms with Crippen LogP contribution in [0.4, 0.5) is 5.69 Å². The third kappa shape index (κ3) is 2.64. The fraction of sp³-hybridized carbons (Fsp3) is 0.0769. The molecule has 4 heteroatoms. The van der Waals surface area contributed by atoms with Crippen molar-refractivity contribution >= 4 is 37.5 Å². The molecule has 0 aliphatic heterocycles. The second kappa shape index (κ2) is 5.10. The van der Waals surface area contributed by atoms with E-state index in [9.17, 15) is 0 Å². The molecule has 0 aliphatic carbocycles. The van der Waals surface area contributed by atoms with Gasteiger partial charge in [-0.15, -0.1) is 0 Å². The molecule has 0 radical (unpaired) electrons. The number of halogens is 2. The van der Waals surface area contributed by atoms with Gasteiger partial charge in [-0.3, -0.25) is 0 Å². The summed E-state index contributed by atoms with van der Waals surface area (Å²) in [6, 6.07) is 11.7. The maximum atomic E-state index is 6.02. The Morgan fingerprint density at radius 3 is 2.12 bits per heavy atom. The minimum Gasteiger partial charge on any atom is -0.496 e. The van der Waals surface area contributed by atoms with Crippen molar-refractivity contribution in [1.29, 1.82) is 0 Å². The van der Waals surface area contributed by atoms with Crippen molar-refractivity contribution in [2.75, 3.05) is 12.8 Å². The number of methoxy groups -OCH3 is 1. The quantitative estimate of drug-likeness (QED) is 0.805. The van der Waals surface area contributed by atoms with Crippen LogP contribution in [-0.4, -0.2) is 7.11 Å². The van der Waals surface area contributed by atoms with Gasteiger partial charge in [-0.25, -0.2) is 0 Å². The Kier molecular flexibility index (Phi) is 3.74. The monoisotopic (exact) mass is 355 g/mol. The molecular formula is C13H11Br2NO. The van der Waals surface area contributed by atoms with Gasteiger partial charge in [0.2, 0.25) is 0 Å². The van der Waals surface area contributed by atoms with Crippen LogP contribution >= 0.6 is 31.9 Å². The van der Waals surface area contributed by atoms with Gasteiger partial charge in [0.15, 0.2) is 0 Å². The number of hydrogen-bond acceptors (Lipinski definition) is 2. The molecule has 0 atom stereocenters. The van der Waals surface area contributed by atoms with E-state index in [1.165, 1.54) is 0 Å². The molecule has 0 aromatic heterocycles. The van der Waals surface area contributed by atoms with Gasteiger partial charge < -0.3 is 10.5 Å². The van der Waals surface area contributed by atoms with Gasteiger partial charge in [-0.05, 0) is 30.3 Å². The van der Waals surface area contributed by atoms with Crippen LogP contribution in [0.3, 0.4) is 0 Å². The molecule has 0 heterocycles. The highest BCUT2D eigenvalue weighted by atomic mass is 79.9. The summed E-state index contributed by atoms with van der Waals surface area (Å²) in [5, 5.41) is 0. The third-order valence-corrected chi connectivity index (χ3v) is 3.45. The van der Waals surface area contributed by atoms with Crippen LogP contribution in [0, 0.1) is 0 Å². The Morgan fingerprint density at radius 1 is 0.941 bits per heavy atom. The number of ether oxygens (including phenoxy) is 1. The first-order valence-electron chi connectivity index (χ1n) is 5.01. The molecule has 2 N–H and O–H groups in total. The predicted molar refractivity (Wildman–Crippen MR) is 78.2 cm³/mol. The molecule has 2 rings (SSSR count). The highest BCUT2D eigenvalue weighted by Gasteiger charge is 2.09. The Labute approximate surface area is 117 Å². The first-order valence-corrected chi connectivity index (χ1v) is 6.59. The van der Waals surface area contributed by atoms with Gasteiger partial charge in [-0.1, -0.05) is 37.9 Å². The molecule has 2 aromatic rings. The maximum Gasteiger partial charge on any atom is 0.127 e. The smallest absolute Gasteiger partial charge is 0.127 e. The van der Waals surface area contributed by atoms with Crippen LogP contribution in [0.25, 0.3) is 11.1 Å². The van der Waals surface area contributed by atoms with E-state index in [-0.39, 0.29) is 0 Å². The fourth-order valence-electron chi connectivity index (χ4n) is 1.67. The van der Waals surface area contributed by atoms with Crippen LogP contribution in [0.2, 0.25) is 0 Å². The van der Waals surface area contributed by atoms with Crippen molar-refractivity contribution in [2.45, 2.75) is 0 Å². The zero-order valence-electron chi connectivity index (χ0n) is 9.21. The van der Waals surface area contributed by atoms with Crippen LogP contribution in [0.5, 0.6) is 5.75 Å². The molecule has 0 unspecified atom stereocenters. The SMILES string of the molecule is COc1cc(Br)ccc1-c1ccc(Br)cc1N. The lowest BCUT2D eigenvalue weighted by Gasteiger charge is -2.11. The summed E-state index contributed by atoms with van der Waals surface area (Å²) < 4.78 is 7.32. The van der Waals surface area contributed by atoms with E-state index in [4.69, 9.17) is 10.5 Å². The lowest BCUT2D eigenvalue weighted by molar-refractivity contribution is 0.416. The van der Waals surface area contributed by atoms with Crippen LogP contribution in [0.15, 0.2) is 45.3 Å². The minimum absolute atomic E-state index is 0.722. The maximum absolute atomic E-state index is 6.02. The molecule has 0 fully saturated rings. The third-order valence-electron chi connectivity index (χ3n) is 2.47. The summed E-state index contributed by atoms with van der Waals surface area (Å²) in [6.07, 6.45) is 0. The summed E-state index contributed by atoms with van der Waals surface area (Å²) in [7, 11) is 1.65. The highest BCUT2D eigenvalue weighted by Crippen LogP contribution is 2.36. The van der Waals surface area contributed by atoms with Crippen LogP contribution < -0.4 is 10.5 Å². The van der Waals surface area contributed by atoms with Crippen molar-refractivity contribution in [3.8, 4) is 16.9 Å². The van der Waals surface area contributed by atoms with Gasteiger partial charge in [0.05, 0.1) is 7.11 Å². The first-order chi connectivity index (χ1) is 8.11. The molecule has 17 heavy (non-hydrogen) atoms. The number of nitrogen functional groups attached to an aromatic ring is 1. The van der Waals surface area contributed by atoms with E-state index in [0.29, 0.717) is 0 Å². The molecule has 88 valence electrons. The number of nitrogens with two attached hydrogens (primary N) is 1. The Hall–Kier alpha value is -1.00.